The Kier molecular flexibility index (Phi) is 9.46. The van der Waals surface area contributed by atoms with Gasteiger partial charge in [0.05, 0.1) is 15.6 Å². The van der Waals surface area contributed by atoms with Gasteiger partial charge in [-0.15, -0.1) is 0 Å². The highest BCUT2D eigenvalue weighted by atomic mass is 79.9. The van der Waals surface area contributed by atoms with Gasteiger partial charge in [-0.2, -0.15) is 0 Å². The number of hydrogen-bond donors (Lipinski definition) is 3. The molecule has 0 heterocycles. The molecule has 0 unspecified atom stereocenters. The fourth-order valence-electron chi connectivity index (χ4n) is 2.56. The lowest BCUT2D eigenvalue weighted by molar-refractivity contribution is -0.115. The minimum absolute atomic E-state index is 0.0769. The first-order valence-electron chi connectivity index (χ1n) is 8.89. The van der Waals surface area contributed by atoms with Gasteiger partial charge in [0.15, 0.2) is 0 Å². The third-order valence-electron chi connectivity index (χ3n) is 3.94. The first kappa shape index (κ1) is 22.4. The fraction of sp³-hybridized carbons (Fsp3) is 0.300. The largest absolute Gasteiger partial charge is 0.491 e. The molecular weight excluding hydrogens is 490 g/mol. The maximum absolute atomic E-state index is 12.2. The fourth-order valence-corrected chi connectivity index (χ4v) is 4.07. The molecule has 4 N–H and O–H groups in total. The van der Waals surface area contributed by atoms with Crippen LogP contribution in [-0.2, 0) is 17.6 Å². The molecule has 0 spiro atoms. The molecule has 150 valence electrons. The first-order valence-corrected chi connectivity index (χ1v) is 10.5. The van der Waals surface area contributed by atoms with Crippen molar-refractivity contribution in [2.75, 3.05) is 19.7 Å². The summed E-state index contributed by atoms with van der Waals surface area (Å²) in [6.07, 6.45) is 1.68. The quantitative estimate of drug-likeness (QED) is 0.196. The zero-order valence-electron chi connectivity index (χ0n) is 15.3. The summed E-state index contributed by atoms with van der Waals surface area (Å²) in [7, 11) is 0. The van der Waals surface area contributed by atoms with Gasteiger partial charge in [-0.1, -0.05) is 35.5 Å². The summed E-state index contributed by atoms with van der Waals surface area (Å²) in [4.78, 5) is 12.2. The van der Waals surface area contributed by atoms with E-state index < -0.39 is 0 Å². The number of ether oxygens (including phenoxy) is 1. The highest BCUT2D eigenvalue weighted by molar-refractivity contribution is 9.11. The van der Waals surface area contributed by atoms with Gasteiger partial charge in [-0.3, -0.25) is 4.79 Å². The van der Waals surface area contributed by atoms with E-state index in [1.54, 1.807) is 0 Å². The molecule has 8 heteroatoms. The molecule has 0 saturated carbocycles. The molecule has 2 rings (SSSR count). The van der Waals surface area contributed by atoms with Crippen molar-refractivity contribution in [2.24, 2.45) is 10.9 Å². The van der Waals surface area contributed by atoms with Gasteiger partial charge in [-0.05, 0) is 74.5 Å². The molecule has 28 heavy (non-hydrogen) atoms. The van der Waals surface area contributed by atoms with Crippen LogP contribution in [0.1, 0.15) is 17.5 Å². The lowest BCUT2D eigenvalue weighted by Gasteiger charge is -2.12. The Morgan fingerprint density at radius 1 is 1.14 bits per heavy atom. The van der Waals surface area contributed by atoms with Crippen molar-refractivity contribution in [1.29, 1.82) is 0 Å². The minimum atomic E-state index is -0.389. The molecule has 6 nitrogen and oxygen atoms in total. The smallest absolute Gasteiger partial charge is 0.269 e. The number of amides is 1. The predicted molar refractivity (Wildman–Crippen MR) is 117 cm³/mol. The van der Waals surface area contributed by atoms with E-state index in [2.05, 4.69) is 42.3 Å². The number of halogens is 2. The highest BCUT2D eigenvalue weighted by Gasteiger charge is 2.13. The summed E-state index contributed by atoms with van der Waals surface area (Å²) >= 11 is 7.02. The summed E-state index contributed by atoms with van der Waals surface area (Å²) in [6, 6.07) is 13.4. The number of rotatable bonds is 10. The van der Waals surface area contributed by atoms with E-state index in [1.807, 2.05) is 42.5 Å². The Morgan fingerprint density at radius 3 is 2.43 bits per heavy atom. The maximum Gasteiger partial charge on any atom is 0.269 e. The second-order valence-corrected chi connectivity index (χ2v) is 7.80. The number of carbonyl (C=O) groups excluding carboxylic acids is 1. The van der Waals surface area contributed by atoms with E-state index in [0.717, 1.165) is 26.5 Å². The molecule has 0 atom stereocenters. The highest BCUT2D eigenvalue weighted by Crippen LogP contribution is 2.34. The topological polar surface area (TPSA) is 96.9 Å². The predicted octanol–water partition coefficient (Wildman–Crippen LogP) is 3.67. The minimum Gasteiger partial charge on any atom is -0.491 e. The maximum atomic E-state index is 12.2. The molecular formula is C20H23Br2N3O3. The van der Waals surface area contributed by atoms with Crippen molar-refractivity contribution in [3.05, 3.63) is 62.5 Å². The third-order valence-corrected chi connectivity index (χ3v) is 5.12. The van der Waals surface area contributed by atoms with Crippen molar-refractivity contribution in [3.63, 3.8) is 0 Å². The molecule has 2 aromatic carbocycles. The van der Waals surface area contributed by atoms with Gasteiger partial charge in [0.25, 0.3) is 5.91 Å². The van der Waals surface area contributed by atoms with Crippen LogP contribution < -0.4 is 15.8 Å². The van der Waals surface area contributed by atoms with Gasteiger partial charge in [0.1, 0.15) is 11.5 Å². The lowest BCUT2D eigenvalue weighted by Crippen LogP contribution is -2.33. The average molecular weight is 513 g/mol. The molecule has 0 radical (unpaired) electrons. The summed E-state index contributed by atoms with van der Waals surface area (Å²) in [5.74, 6) is 0.327. The molecule has 1 amide bonds. The molecule has 0 aliphatic carbocycles. The zero-order valence-corrected chi connectivity index (χ0v) is 18.5. The van der Waals surface area contributed by atoms with Crippen LogP contribution in [0.25, 0.3) is 0 Å². The average Bonchev–Trinajstić information content (AvgIpc) is 2.68. The zero-order chi connectivity index (χ0) is 20.4. The third kappa shape index (κ3) is 6.92. The van der Waals surface area contributed by atoms with Crippen LogP contribution in [-0.4, -0.2) is 36.5 Å². The standard InChI is InChI=1S/C20H23Br2N3O3/c21-16-11-15(7-8-23)12-17(22)19(16)28-10-4-9-24-20(26)18(25-27)13-14-5-2-1-3-6-14/h1-3,5-6,11-12,27H,4,7-10,13,23H2,(H,24,26). The van der Waals surface area contributed by atoms with Crippen molar-refractivity contribution in [2.45, 2.75) is 19.3 Å². The van der Waals surface area contributed by atoms with Crippen molar-refractivity contribution in [3.8, 4) is 5.75 Å². The molecule has 0 fully saturated rings. The van der Waals surface area contributed by atoms with E-state index in [1.165, 1.54) is 0 Å². The SMILES string of the molecule is NCCc1cc(Br)c(OCCCNC(=O)C(Cc2ccccc2)=NO)c(Br)c1. The van der Waals surface area contributed by atoms with E-state index in [9.17, 15) is 4.79 Å². The number of carbonyl (C=O) groups is 1. The number of oxime groups is 1. The van der Waals surface area contributed by atoms with Gasteiger partial charge in [0.2, 0.25) is 0 Å². The van der Waals surface area contributed by atoms with Crippen molar-refractivity contribution in [1.82, 2.24) is 5.32 Å². The van der Waals surface area contributed by atoms with Crippen LogP contribution in [0.4, 0.5) is 0 Å². The number of hydrogen-bond acceptors (Lipinski definition) is 5. The van der Waals surface area contributed by atoms with E-state index in [4.69, 9.17) is 15.7 Å². The summed E-state index contributed by atoms with van der Waals surface area (Å²) in [5.41, 5.74) is 7.69. The van der Waals surface area contributed by atoms with Crippen molar-refractivity contribution >= 4 is 43.5 Å². The molecule has 0 saturated heterocycles. The number of nitrogens with two attached hydrogens (primary N) is 1. The Balaban J connectivity index is 1.77. The molecule has 2 aromatic rings. The van der Waals surface area contributed by atoms with Crippen LogP contribution in [0.3, 0.4) is 0 Å². The number of nitrogens with one attached hydrogen (secondary N) is 1. The molecule has 0 aliphatic heterocycles. The van der Waals surface area contributed by atoms with Crippen LogP contribution in [0.15, 0.2) is 56.6 Å². The second-order valence-electron chi connectivity index (χ2n) is 6.09. The summed E-state index contributed by atoms with van der Waals surface area (Å²) < 4.78 is 7.52. The van der Waals surface area contributed by atoms with Gasteiger partial charge in [0, 0.05) is 13.0 Å². The van der Waals surface area contributed by atoms with E-state index in [-0.39, 0.29) is 18.0 Å². The lowest BCUT2D eigenvalue weighted by atomic mass is 10.1. The van der Waals surface area contributed by atoms with Crippen LogP contribution >= 0.6 is 31.9 Å². The summed E-state index contributed by atoms with van der Waals surface area (Å²) in [6.45, 7) is 1.42. The van der Waals surface area contributed by atoms with Crippen LogP contribution in [0, 0.1) is 0 Å². The normalized spacial score (nSPS) is 11.3. The Labute approximate surface area is 181 Å². The first-order chi connectivity index (χ1) is 13.5. The molecule has 0 aromatic heterocycles. The number of nitrogens with zero attached hydrogens (tertiary/aromatic N) is 1. The number of benzene rings is 2. The molecule has 0 aliphatic rings. The molecule has 0 bridgehead atoms. The van der Waals surface area contributed by atoms with Gasteiger partial charge in [-0.25, -0.2) is 0 Å². The van der Waals surface area contributed by atoms with Crippen molar-refractivity contribution < 1.29 is 14.7 Å². The van der Waals surface area contributed by atoms with E-state index in [0.29, 0.717) is 31.9 Å². The Morgan fingerprint density at radius 2 is 1.82 bits per heavy atom. The second kappa shape index (κ2) is 11.8. The monoisotopic (exact) mass is 511 g/mol. The Hall–Kier alpha value is -1.90. The van der Waals surface area contributed by atoms with Crippen LogP contribution in [0.2, 0.25) is 0 Å². The van der Waals surface area contributed by atoms with Gasteiger partial charge >= 0.3 is 0 Å². The summed E-state index contributed by atoms with van der Waals surface area (Å²) in [5, 5.41) is 15.0. The van der Waals surface area contributed by atoms with E-state index >= 15 is 0 Å². The van der Waals surface area contributed by atoms with Crippen LogP contribution in [0.5, 0.6) is 5.75 Å². The van der Waals surface area contributed by atoms with Gasteiger partial charge < -0.3 is 21.0 Å². The Bertz CT molecular complexity index is 791.